The standard InChI is InChI=1S/C28H22N6O3/c29-17-20-1-7-23(8-2-20)26(35)32-13-15-34(28(37)25-11-5-22(19-31)6-12-25)16-14-33-27(36)24-9-3-21(18-30)4-10-24/h1-12H,13-16H2,(H,32,35)(H,33,36). The average Bonchev–Trinajstić information content (AvgIpc) is 2.95. The summed E-state index contributed by atoms with van der Waals surface area (Å²) in [4.78, 5) is 39.5. The van der Waals surface area contributed by atoms with Crippen LogP contribution in [0.4, 0.5) is 0 Å². The van der Waals surface area contributed by atoms with Gasteiger partial charge in [-0.15, -0.1) is 0 Å². The van der Waals surface area contributed by atoms with Crippen LogP contribution in [0, 0.1) is 34.0 Å². The lowest BCUT2D eigenvalue weighted by atomic mass is 10.1. The second-order valence-corrected chi connectivity index (χ2v) is 7.87. The van der Waals surface area contributed by atoms with E-state index in [4.69, 9.17) is 15.8 Å². The molecule has 0 saturated carbocycles. The van der Waals surface area contributed by atoms with Gasteiger partial charge >= 0.3 is 0 Å². The molecule has 3 rings (SSSR count). The molecular weight excluding hydrogens is 468 g/mol. The predicted molar refractivity (Wildman–Crippen MR) is 134 cm³/mol. The van der Waals surface area contributed by atoms with Crippen LogP contribution in [0.2, 0.25) is 0 Å². The molecule has 0 aliphatic rings. The van der Waals surface area contributed by atoms with Crippen molar-refractivity contribution >= 4 is 17.7 Å². The fourth-order valence-corrected chi connectivity index (χ4v) is 3.39. The van der Waals surface area contributed by atoms with Gasteiger partial charge in [-0.05, 0) is 72.8 Å². The van der Waals surface area contributed by atoms with Crippen molar-refractivity contribution in [2.24, 2.45) is 0 Å². The van der Waals surface area contributed by atoms with Gasteiger partial charge in [-0.1, -0.05) is 0 Å². The number of carbonyl (C=O) groups is 3. The molecule has 0 fully saturated rings. The normalized spacial score (nSPS) is 9.76. The molecule has 0 aliphatic heterocycles. The van der Waals surface area contributed by atoms with Gasteiger partial charge in [0.15, 0.2) is 0 Å². The third-order valence-corrected chi connectivity index (χ3v) is 5.44. The van der Waals surface area contributed by atoms with Crippen LogP contribution in [-0.2, 0) is 0 Å². The summed E-state index contributed by atoms with van der Waals surface area (Å²) in [7, 11) is 0. The van der Waals surface area contributed by atoms with Crippen molar-refractivity contribution in [3.05, 3.63) is 106 Å². The summed E-state index contributed by atoms with van der Waals surface area (Å²) in [5.41, 5.74) is 2.46. The molecule has 2 N–H and O–H groups in total. The van der Waals surface area contributed by atoms with Crippen LogP contribution in [0.25, 0.3) is 0 Å². The van der Waals surface area contributed by atoms with Crippen LogP contribution in [0.3, 0.4) is 0 Å². The van der Waals surface area contributed by atoms with Crippen LogP contribution in [0.1, 0.15) is 47.8 Å². The van der Waals surface area contributed by atoms with Crippen molar-refractivity contribution < 1.29 is 14.4 Å². The van der Waals surface area contributed by atoms with Gasteiger partial charge in [-0.2, -0.15) is 15.8 Å². The largest absolute Gasteiger partial charge is 0.350 e. The van der Waals surface area contributed by atoms with Gasteiger partial charge < -0.3 is 15.5 Å². The topological polar surface area (TPSA) is 150 Å². The Morgan fingerprint density at radius 1 is 0.568 bits per heavy atom. The number of hydrogen-bond donors (Lipinski definition) is 2. The molecule has 182 valence electrons. The van der Waals surface area contributed by atoms with Gasteiger partial charge in [-0.25, -0.2) is 0 Å². The first-order valence-corrected chi connectivity index (χ1v) is 11.3. The van der Waals surface area contributed by atoms with E-state index in [1.807, 2.05) is 18.2 Å². The van der Waals surface area contributed by atoms with E-state index >= 15 is 0 Å². The maximum atomic E-state index is 13.1. The Morgan fingerprint density at radius 3 is 1.22 bits per heavy atom. The lowest BCUT2D eigenvalue weighted by Crippen LogP contribution is -2.42. The molecule has 0 heterocycles. The minimum absolute atomic E-state index is 0.157. The molecule has 0 radical (unpaired) electrons. The van der Waals surface area contributed by atoms with Crippen molar-refractivity contribution in [1.29, 1.82) is 15.8 Å². The van der Waals surface area contributed by atoms with Gasteiger partial charge in [0.1, 0.15) is 0 Å². The van der Waals surface area contributed by atoms with Crippen LogP contribution < -0.4 is 10.6 Å². The molecule has 37 heavy (non-hydrogen) atoms. The number of hydrogen-bond acceptors (Lipinski definition) is 6. The number of carbonyl (C=O) groups excluding carboxylic acids is 3. The van der Waals surface area contributed by atoms with Crippen molar-refractivity contribution in [3.63, 3.8) is 0 Å². The summed E-state index contributed by atoms with van der Waals surface area (Å²) in [6.07, 6.45) is 0. The summed E-state index contributed by atoms with van der Waals surface area (Å²) in [6, 6.07) is 24.6. The first kappa shape index (κ1) is 26.2. The molecule has 3 aromatic rings. The van der Waals surface area contributed by atoms with Gasteiger partial charge in [0.25, 0.3) is 17.7 Å². The monoisotopic (exact) mass is 490 g/mol. The van der Waals surface area contributed by atoms with E-state index < -0.39 is 0 Å². The molecule has 9 nitrogen and oxygen atoms in total. The lowest BCUT2D eigenvalue weighted by Gasteiger charge is -2.23. The Morgan fingerprint density at radius 2 is 0.892 bits per heavy atom. The molecule has 0 aliphatic carbocycles. The highest BCUT2D eigenvalue weighted by Gasteiger charge is 2.17. The second-order valence-electron chi connectivity index (χ2n) is 7.87. The zero-order valence-electron chi connectivity index (χ0n) is 19.8. The number of rotatable bonds is 9. The average molecular weight is 491 g/mol. The van der Waals surface area contributed by atoms with E-state index in [1.165, 1.54) is 4.90 Å². The molecular formula is C28H22N6O3. The van der Waals surface area contributed by atoms with Crippen molar-refractivity contribution in [1.82, 2.24) is 15.5 Å². The molecule has 0 saturated heterocycles. The van der Waals surface area contributed by atoms with Crippen LogP contribution in [0.15, 0.2) is 72.8 Å². The van der Waals surface area contributed by atoms with Crippen LogP contribution >= 0.6 is 0 Å². The number of nitrogens with one attached hydrogen (secondary N) is 2. The lowest BCUT2D eigenvalue weighted by molar-refractivity contribution is 0.0743. The van der Waals surface area contributed by atoms with E-state index in [0.29, 0.717) is 33.4 Å². The van der Waals surface area contributed by atoms with Crippen LogP contribution in [-0.4, -0.2) is 48.8 Å². The minimum atomic E-state index is -0.343. The SMILES string of the molecule is N#Cc1ccc(C(=O)NCCN(CCNC(=O)c2ccc(C#N)cc2)C(=O)c2ccc(C#N)cc2)cc1. The molecule has 3 amide bonds. The molecule has 0 atom stereocenters. The number of nitriles is 3. The second kappa shape index (κ2) is 12.9. The fraction of sp³-hybridized carbons (Fsp3) is 0.143. The van der Waals surface area contributed by atoms with E-state index in [-0.39, 0.29) is 43.9 Å². The van der Waals surface area contributed by atoms with Crippen molar-refractivity contribution in [2.75, 3.05) is 26.2 Å². The minimum Gasteiger partial charge on any atom is -0.350 e. The Balaban J connectivity index is 1.62. The molecule has 9 heteroatoms. The first-order chi connectivity index (χ1) is 17.9. The summed E-state index contributed by atoms with van der Waals surface area (Å²) >= 11 is 0. The Bertz CT molecular complexity index is 1320. The predicted octanol–water partition coefficient (Wildman–Crippen LogP) is 2.60. The molecule has 0 spiro atoms. The highest BCUT2D eigenvalue weighted by atomic mass is 16.2. The third kappa shape index (κ3) is 7.26. The summed E-state index contributed by atoms with van der Waals surface area (Å²) in [6.45, 7) is 0.663. The van der Waals surface area contributed by atoms with E-state index in [2.05, 4.69) is 10.6 Å². The smallest absolute Gasteiger partial charge is 0.253 e. The van der Waals surface area contributed by atoms with Crippen molar-refractivity contribution in [3.8, 4) is 18.2 Å². The third-order valence-electron chi connectivity index (χ3n) is 5.44. The van der Waals surface area contributed by atoms with Crippen molar-refractivity contribution in [2.45, 2.75) is 0 Å². The zero-order chi connectivity index (χ0) is 26.6. The van der Waals surface area contributed by atoms with Gasteiger partial charge in [0.2, 0.25) is 0 Å². The highest BCUT2D eigenvalue weighted by molar-refractivity contribution is 5.96. The summed E-state index contributed by atoms with van der Waals surface area (Å²) in [5, 5.41) is 32.3. The Kier molecular flexibility index (Phi) is 9.08. The quantitative estimate of drug-likeness (QED) is 0.471. The number of nitrogens with zero attached hydrogens (tertiary/aromatic N) is 4. The molecule has 0 bridgehead atoms. The number of amides is 3. The fourth-order valence-electron chi connectivity index (χ4n) is 3.39. The zero-order valence-corrected chi connectivity index (χ0v) is 19.8. The number of benzene rings is 3. The van der Waals surface area contributed by atoms with E-state index in [0.717, 1.165) is 0 Å². The maximum Gasteiger partial charge on any atom is 0.253 e. The summed E-state index contributed by atoms with van der Waals surface area (Å²) < 4.78 is 0. The van der Waals surface area contributed by atoms with Gasteiger partial charge in [0, 0.05) is 42.9 Å². The van der Waals surface area contributed by atoms with Gasteiger partial charge in [0.05, 0.1) is 34.9 Å². The molecule has 0 aromatic heterocycles. The first-order valence-electron chi connectivity index (χ1n) is 11.3. The Labute approximate surface area is 214 Å². The maximum absolute atomic E-state index is 13.1. The van der Waals surface area contributed by atoms with Gasteiger partial charge in [-0.3, -0.25) is 14.4 Å². The molecule has 3 aromatic carbocycles. The Hall–Kier alpha value is -5.46. The van der Waals surface area contributed by atoms with Crippen LogP contribution in [0.5, 0.6) is 0 Å². The van der Waals surface area contributed by atoms with E-state index in [1.54, 1.807) is 72.8 Å². The van der Waals surface area contributed by atoms with E-state index in [9.17, 15) is 14.4 Å². The summed E-state index contributed by atoms with van der Waals surface area (Å²) in [5.74, 6) is -1.00. The highest BCUT2D eigenvalue weighted by Crippen LogP contribution is 2.08. The molecule has 0 unspecified atom stereocenters.